The number of allylic oxidation sites excluding steroid dienone is 2. The molecule has 1 aromatic carbocycles. The number of ether oxygens (including phenoxy) is 1. The molecular formula is C28H41NO4. The summed E-state index contributed by atoms with van der Waals surface area (Å²) in [6.07, 6.45) is 10.2. The van der Waals surface area contributed by atoms with E-state index in [4.69, 9.17) is 4.74 Å². The number of nitriles is 1. The predicted molar refractivity (Wildman–Crippen MR) is 130 cm³/mol. The zero-order chi connectivity index (χ0) is 24.2. The van der Waals surface area contributed by atoms with Gasteiger partial charge < -0.3 is 14.9 Å². The molecule has 0 aliphatic heterocycles. The third kappa shape index (κ3) is 8.61. The van der Waals surface area contributed by atoms with Crippen LogP contribution in [-0.4, -0.2) is 28.4 Å². The number of benzene rings is 1. The van der Waals surface area contributed by atoms with Gasteiger partial charge in [0.2, 0.25) is 0 Å². The van der Waals surface area contributed by atoms with Gasteiger partial charge in [0, 0.05) is 12.3 Å². The van der Waals surface area contributed by atoms with E-state index in [0.717, 1.165) is 56.1 Å². The summed E-state index contributed by atoms with van der Waals surface area (Å²) in [7, 11) is 0. The predicted octanol–water partition coefficient (Wildman–Crippen LogP) is 5.97. The molecule has 182 valence electrons. The van der Waals surface area contributed by atoms with Crippen LogP contribution < -0.4 is 0 Å². The summed E-state index contributed by atoms with van der Waals surface area (Å²) in [5, 5.41) is 30.8. The van der Waals surface area contributed by atoms with Gasteiger partial charge in [0.05, 0.1) is 30.3 Å². The van der Waals surface area contributed by atoms with Gasteiger partial charge in [-0.2, -0.15) is 5.26 Å². The third-order valence-corrected chi connectivity index (χ3v) is 6.53. The van der Waals surface area contributed by atoms with Crippen molar-refractivity contribution in [1.82, 2.24) is 0 Å². The zero-order valence-electron chi connectivity index (χ0n) is 20.5. The maximum absolute atomic E-state index is 11.6. The van der Waals surface area contributed by atoms with Gasteiger partial charge >= 0.3 is 5.97 Å². The fraction of sp³-hybridized carbons (Fsp3) is 0.643. The molecule has 0 bridgehead atoms. The van der Waals surface area contributed by atoms with Crippen LogP contribution in [0.25, 0.3) is 0 Å². The van der Waals surface area contributed by atoms with Crippen LogP contribution in [0.5, 0.6) is 0 Å². The lowest BCUT2D eigenvalue weighted by Crippen LogP contribution is -2.18. The first-order valence-electron chi connectivity index (χ1n) is 12.6. The summed E-state index contributed by atoms with van der Waals surface area (Å²) in [5.74, 6) is -0.394. The number of aliphatic hydroxyl groups is 2. The molecule has 0 radical (unpaired) electrons. The van der Waals surface area contributed by atoms with Crippen molar-refractivity contribution >= 4 is 5.97 Å². The molecule has 33 heavy (non-hydrogen) atoms. The maximum Gasteiger partial charge on any atom is 0.306 e. The minimum absolute atomic E-state index is 0.0486. The van der Waals surface area contributed by atoms with Crippen LogP contribution in [0.15, 0.2) is 36.4 Å². The molecule has 1 unspecified atom stereocenters. The van der Waals surface area contributed by atoms with Gasteiger partial charge in [0.25, 0.3) is 0 Å². The van der Waals surface area contributed by atoms with Gasteiger partial charge in [0.1, 0.15) is 0 Å². The van der Waals surface area contributed by atoms with Crippen molar-refractivity contribution in [3.05, 3.63) is 47.5 Å². The first kappa shape index (κ1) is 27.1. The number of aliphatic hydroxyl groups excluding tert-OH is 2. The van der Waals surface area contributed by atoms with Gasteiger partial charge in [-0.25, -0.2) is 0 Å². The largest absolute Gasteiger partial charge is 0.463 e. The van der Waals surface area contributed by atoms with E-state index in [1.807, 2.05) is 38.1 Å². The Morgan fingerprint density at radius 3 is 2.58 bits per heavy atom. The van der Waals surface area contributed by atoms with E-state index < -0.39 is 12.2 Å². The summed E-state index contributed by atoms with van der Waals surface area (Å²) >= 11 is 0. The van der Waals surface area contributed by atoms with Crippen LogP contribution in [0, 0.1) is 23.2 Å². The molecular weight excluding hydrogens is 414 g/mol. The third-order valence-electron chi connectivity index (χ3n) is 6.53. The summed E-state index contributed by atoms with van der Waals surface area (Å²) in [6, 6.07) is 10.3. The number of carbonyl (C=O) groups is 1. The second-order valence-corrected chi connectivity index (χ2v) is 9.54. The average Bonchev–Trinajstić information content (AvgIpc) is 3.10. The number of nitrogens with zero attached hydrogens (tertiary/aromatic N) is 1. The first-order chi connectivity index (χ1) is 15.9. The van der Waals surface area contributed by atoms with Gasteiger partial charge in [-0.3, -0.25) is 4.79 Å². The van der Waals surface area contributed by atoms with Crippen molar-refractivity contribution in [3.63, 3.8) is 0 Å². The molecule has 0 aromatic heterocycles. The highest BCUT2D eigenvalue weighted by Crippen LogP contribution is 2.45. The highest BCUT2D eigenvalue weighted by Gasteiger charge is 2.42. The average molecular weight is 456 g/mol. The molecule has 5 atom stereocenters. The summed E-state index contributed by atoms with van der Waals surface area (Å²) < 4.78 is 5.15. The molecule has 0 saturated heterocycles. The Labute approximate surface area is 199 Å². The Hall–Kier alpha value is -2.16. The second kappa shape index (κ2) is 14.2. The van der Waals surface area contributed by atoms with E-state index in [0.29, 0.717) is 12.8 Å². The molecule has 5 nitrogen and oxygen atoms in total. The Kier molecular flexibility index (Phi) is 11.6. The number of hydrogen-bond donors (Lipinski definition) is 2. The number of carbonyl (C=O) groups excluding carboxylic acids is 1. The fourth-order valence-electron chi connectivity index (χ4n) is 4.80. The zero-order valence-corrected chi connectivity index (χ0v) is 20.5. The molecule has 1 saturated carbocycles. The highest BCUT2D eigenvalue weighted by molar-refractivity contribution is 5.69. The molecule has 2 N–H and O–H groups in total. The van der Waals surface area contributed by atoms with Crippen molar-refractivity contribution in [2.45, 2.75) is 103 Å². The quantitative estimate of drug-likeness (QED) is 0.217. The highest BCUT2D eigenvalue weighted by atomic mass is 16.5. The Morgan fingerprint density at radius 1 is 1.21 bits per heavy atom. The summed E-state index contributed by atoms with van der Waals surface area (Å²) in [5.41, 5.74) is 1.94. The van der Waals surface area contributed by atoms with Crippen molar-refractivity contribution in [1.29, 1.82) is 5.26 Å². The number of hydrogen-bond acceptors (Lipinski definition) is 5. The van der Waals surface area contributed by atoms with Gasteiger partial charge in [-0.05, 0) is 63.0 Å². The molecule has 0 amide bonds. The minimum Gasteiger partial charge on any atom is -0.463 e. The van der Waals surface area contributed by atoms with Gasteiger partial charge in [-0.15, -0.1) is 0 Å². The van der Waals surface area contributed by atoms with E-state index >= 15 is 0 Å². The lowest BCUT2D eigenvalue weighted by atomic mass is 9.82. The molecule has 0 heterocycles. The monoisotopic (exact) mass is 455 g/mol. The lowest BCUT2D eigenvalue weighted by molar-refractivity contribution is -0.147. The molecule has 1 aliphatic rings. The van der Waals surface area contributed by atoms with Crippen molar-refractivity contribution in [3.8, 4) is 6.07 Å². The molecule has 1 fully saturated rings. The molecule has 1 aliphatic carbocycles. The van der Waals surface area contributed by atoms with E-state index in [-0.39, 0.29) is 29.8 Å². The maximum atomic E-state index is 11.6. The fourth-order valence-corrected chi connectivity index (χ4v) is 4.80. The van der Waals surface area contributed by atoms with E-state index in [1.54, 1.807) is 0 Å². The Bertz CT molecular complexity index is 780. The van der Waals surface area contributed by atoms with Crippen molar-refractivity contribution < 1.29 is 19.7 Å². The SMILES string of the molecule is CCCCCC(O)c1ccc([C@@H]2[C@H](CC=CCCCC(=O)OC(C)C)[C@H](C#N)C[C@H]2O)cc1. The van der Waals surface area contributed by atoms with Crippen LogP contribution in [0.1, 0.15) is 102 Å². The Balaban J connectivity index is 1.95. The summed E-state index contributed by atoms with van der Waals surface area (Å²) in [6.45, 7) is 5.84. The minimum atomic E-state index is -0.542. The number of esters is 1. The van der Waals surface area contributed by atoms with Crippen molar-refractivity contribution in [2.24, 2.45) is 11.8 Å². The molecule has 0 spiro atoms. The van der Waals surface area contributed by atoms with Crippen LogP contribution in [0.3, 0.4) is 0 Å². The molecule has 2 rings (SSSR count). The number of rotatable bonds is 13. The van der Waals surface area contributed by atoms with Gasteiger partial charge in [0.15, 0.2) is 0 Å². The number of unbranched alkanes of at least 4 members (excludes halogenated alkanes) is 3. The molecule has 1 aromatic rings. The Morgan fingerprint density at radius 2 is 1.94 bits per heavy atom. The van der Waals surface area contributed by atoms with Crippen LogP contribution in [0.2, 0.25) is 0 Å². The van der Waals surface area contributed by atoms with E-state index in [9.17, 15) is 20.3 Å². The van der Waals surface area contributed by atoms with Crippen molar-refractivity contribution in [2.75, 3.05) is 0 Å². The topological polar surface area (TPSA) is 90.5 Å². The second-order valence-electron chi connectivity index (χ2n) is 9.54. The molecule has 5 heteroatoms. The van der Waals surface area contributed by atoms with E-state index in [1.165, 1.54) is 0 Å². The van der Waals surface area contributed by atoms with Crippen LogP contribution in [0.4, 0.5) is 0 Å². The van der Waals surface area contributed by atoms with Crippen LogP contribution in [-0.2, 0) is 9.53 Å². The smallest absolute Gasteiger partial charge is 0.306 e. The normalized spacial score (nSPS) is 23.7. The van der Waals surface area contributed by atoms with E-state index in [2.05, 4.69) is 25.1 Å². The summed E-state index contributed by atoms with van der Waals surface area (Å²) in [4.78, 5) is 11.6. The van der Waals surface area contributed by atoms with Gasteiger partial charge in [-0.1, -0.05) is 62.6 Å². The lowest BCUT2D eigenvalue weighted by Gasteiger charge is -2.23. The van der Waals surface area contributed by atoms with Crippen LogP contribution >= 0.6 is 0 Å². The first-order valence-corrected chi connectivity index (χ1v) is 12.6. The standard InChI is InChI=1S/C28H41NO4/c1-4-5-8-12-25(30)21-14-16-22(17-15-21)28-24(23(19-29)18-26(28)31)11-9-6-7-10-13-27(32)33-20(2)3/h6,9,14-17,20,23-26,28,30-31H,4-5,7-8,10-13,18H2,1-3H3/t23-,24+,25?,26+,28+/m0/s1.